The zero-order chi connectivity index (χ0) is 24.2. The van der Waals surface area contributed by atoms with Gasteiger partial charge < -0.3 is 14.5 Å². The van der Waals surface area contributed by atoms with E-state index < -0.39 is 38.7 Å². The molecule has 0 aromatic heterocycles. The summed E-state index contributed by atoms with van der Waals surface area (Å²) in [6.07, 6.45) is -0.556. The topological polar surface area (TPSA) is 66.9 Å². The summed E-state index contributed by atoms with van der Waals surface area (Å²) in [5.41, 5.74) is -0.315. The van der Waals surface area contributed by atoms with Gasteiger partial charge in [0.05, 0.1) is 16.8 Å². The molecular formula is C23H27ClF2N2O4S. The number of piperazine rings is 1. The quantitative estimate of drug-likeness (QED) is 0.558. The van der Waals surface area contributed by atoms with Crippen LogP contribution in [0, 0.1) is 17.6 Å². The fourth-order valence-electron chi connectivity index (χ4n) is 3.91. The lowest BCUT2D eigenvalue weighted by Gasteiger charge is -2.33. The van der Waals surface area contributed by atoms with Gasteiger partial charge in [-0.3, -0.25) is 0 Å². The molecule has 1 fully saturated rings. The summed E-state index contributed by atoms with van der Waals surface area (Å²) in [5.74, 6) is -2.48. The van der Waals surface area contributed by atoms with E-state index in [1.807, 2.05) is 6.92 Å². The standard InChI is InChI=1S/C23H27ClF2N2O4S/c1-3-27-10-12-28(13-11-27)23(29)32-15-16(2)22(20-14-18(25)6-9-21(20)26)33(30,31)19-7-4-17(24)5-8-19/h4-9,14,16,22H,3,10-13,15H2,1-2H3/t16-,22+/m1/s1. The van der Waals surface area contributed by atoms with Gasteiger partial charge in [-0.2, -0.15) is 0 Å². The third-order valence-electron chi connectivity index (χ3n) is 5.81. The first-order valence-corrected chi connectivity index (χ1v) is 12.6. The van der Waals surface area contributed by atoms with Crippen molar-refractivity contribution in [2.24, 2.45) is 5.92 Å². The van der Waals surface area contributed by atoms with E-state index >= 15 is 0 Å². The van der Waals surface area contributed by atoms with Gasteiger partial charge >= 0.3 is 6.09 Å². The molecule has 2 aromatic carbocycles. The Hall–Kier alpha value is -2.23. The van der Waals surface area contributed by atoms with Gasteiger partial charge in [0.25, 0.3) is 0 Å². The van der Waals surface area contributed by atoms with Crippen molar-refractivity contribution in [3.05, 3.63) is 64.7 Å². The zero-order valence-corrected chi connectivity index (χ0v) is 20.1. The highest BCUT2D eigenvalue weighted by atomic mass is 35.5. The Morgan fingerprint density at radius 2 is 1.73 bits per heavy atom. The van der Waals surface area contributed by atoms with E-state index in [1.165, 1.54) is 31.2 Å². The third-order valence-corrected chi connectivity index (χ3v) is 8.37. The Morgan fingerprint density at radius 3 is 2.33 bits per heavy atom. The molecule has 2 aromatic rings. The second-order valence-corrected chi connectivity index (χ2v) is 10.6. The Labute approximate surface area is 198 Å². The van der Waals surface area contributed by atoms with Crippen LogP contribution in [0.25, 0.3) is 0 Å². The summed E-state index contributed by atoms with van der Waals surface area (Å²) in [5, 5.41) is -1.13. The smallest absolute Gasteiger partial charge is 0.409 e. The highest BCUT2D eigenvalue weighted by Crippen LogP contribution is 2.37. The number of amides is 1. The first-order valence-electron chi connectivity index (χ1n) is 10.7. The van der Waals surface area contributed by atoms with Gasteiger partial charge in [-0.25, -0.2) is 22.0 Å². The predicted octanol–water partition coefficient (Wildman–Crippen LogP) is 4.54. The molecule has 1 saturated heterocycles. The highest BCUT2D eigenvalue weighted by molar-refractivity contribution is 7.91. The molecular weight excluding hydrogens is 474 g/mol. The van der Waals surface area contributed by atoms with E-state index in [9.17, 15) is 22.0 Å². The highest BCUT2D eigenvalue weighted by Gasteiger charge is 2.37. The van der Waals surface area contributed by atoms with Crippen LogP contribution < -0.4 is 0 Å². The molecule has 1 aliphatic heterocycles. The summed E-state index contributed by atoms with van der Waals surface area (Å²) in [7, 11) is -4.17. The largest absolute Gasteiger partial charge is 0.449 e. The average molecular weight is 501 g/mol. The molecule has 1 aliphatic rings. The molecule has 0 unspecified atom stereocenters. The fourth-order valence-corrected chi connectivity index (χ4v) is 6.05. The number of ether oxygens (including phenoxy) is 1. The van der Waals surface area contributed by atoms with Crippen LogP contribution in [0.1, 0.15) is 24.7 Å². The first-order chi connectivity index (χ1) is 15.6. The fraction of sp³-hybridized carbons (Fsp3) is 0.435. The minimum Gasteiger partial charge on any atom is -0.449 e. The molecule has 0 saturated carbocycles. The Kier molecular flexibility index (Phi) is 8.31. The van der Waals surface area contributed by atoms with Crippen LogP contribution in [0.15, 0.2) is 47.4 Å². The van der Waals surface area contributed by atoms with E-state index in [0.717, 1.165) is 37.8 Å². The van der Waals surface area contributed by atoms with E-state index in [4.69, 9.17) is 16.3 Å². The maximum Gasteiger partial charge on any atom is 0.409 e. The van der Waals surface area contributed by atoms with Gasteiger partial charge in [0.15, 0.2) is 9.84 Å². The number of hydrogen-bond donors (Lipinski definition) is 0. The second-order valence-electron chi connectivity index (χ2n) is 8.06. The van der Waals surface area contributed by atoms with Gasteiger partial charge in [-0.05, 0) is 49.0 Å². The van der Waals surface area contributed by atoms with Crippen molar-refractivity contribution < 1.29 is 26.7 Å². The first kappa shape index (κ1) is 25.4. The normalized spacial score (nSPS) is 16.9. The number of carbonyl (C=O) groups excluding carboxylic acids is 1. The van der Waals surface area contributed by atoms with Crippen LogP contribution in [-0.2, 0) is 14.6 Å². The van der Waals surface area contributed by atoms with E-state index in [1.54, 1.807) is 4.90 Å². The summed E-state index contributed by atoms with van der Waals surface area (Å²) < 4.78 is 61.0. The minimum atomic E-state index is -4.17. The number of carbonyl (C=O) groups is 1. The number of nitrogens with zero attached hydrogens (tertiary/aromatic N) is 2. The van der Waals surface area contributed by atoms with E-state index in [2.05, 4.69) is 4.90 Å². The van der Waals surface area contributed by atoms with Gasteiger partial charge in [0.2, 0.25) is 0 Å². The van der Waals surface area contributed by atoms with E-state index in [-0.39, 0.29) is 17.1 Å². The maximum atomic E-state index is 14.7. The molecule has 2 atom stereocenters. The molecule has 180 valence electrons. The maximum absolute atomic E-state index is 14.7. The van der Waals surface area contributed by atoms with Gasteiger partial charge in [-0.1, -0.05) is 25.4 Å². The third kappa shape index (κ3) is 6.02. The number of benzene rings is 2. The Balaban J connectivity index is 1.84. The summed E-state index contributed by atoms with van der Waals surface area (Å²) in [6.45, 7) is 6.65. The Morgan fingerprint density at radius 1 is 1.09 bits per heavy atom. The van der Waals surface area contributed by atoms with Crippen molar-refractivity contribution in [2.75, 3.05) is 39.3 Å². The van der Waals surface area contributed by atoms with Crippen LogP contribution in [0.3, 0.4) is 0 Å². The van der Waals surface area contributed by atoms with Crippen molar-refractivity contribution in [3.8, 4) is 0 Å². The van der Waals surface area contributed by atoms with E-state index in [0.29, 0.717) is 18.1 Å². The van der Waals surface area contributed by atoms with Crippen molar-refractivity contribution in [1.29, 1.82) is 0 Å². The molecule has 10 heteroatoms. The zero-order valence-electron chi connectivity index (χ0n) is 18.5. The molecule has 0 N–H and O–H groups in total. The van der Waals surface area contributed by atoms with Crippen molar-refractivity contribution >= 4 is 27.5 Å². The summed E-state index contributed by atoms with van der Waals surface area (Å²) >= 11 is 5.87. The minimum absolute atomic E-state index is 0.0885. The lowest BCUT2D eigenvalue weighted by molar-refractivity contribution is 0.0679. The molecule has 6 nitrogen and oxygen atoms in total. The molecule has 0 aliphatic carbocycles. The summed E-state index contributed by atoms with van der Waals surface area (Å²) in [6, 6.07) is 8.13. The molecule has 0 spiro atoms. The number of sulfone groups is 1. The molecule has 1 heterocycles. The lowest BCUT2D eigenvalue weighted by atomic mass is 10.0. The average Bonchev–Trinajstić information content (AvgIpc) is 2.80. The number of halogens is 3. The van der Waals surface area contributed by atoms with Crippen molar-refractivity contribution in [2.45, 2.75) is 24.0 Å². The monoisotopic (exact) mass is 500 g/mol. The second kappa shape index (κ2) is 10.8. The number of hydrogen-bond acceptors (Lipinski definition) is 5. The van der Waals surface area contributed by atoms with Gasteiger partial charge in [-0.15, -0.1) is 0 Å². The molecule has 33 heavy (non-hydrogen) atoms. The molecule has 3 rings (SSSR count). The van der Waals surface area contributed by atoms with Gasteiger partial charge in [0.1, 0.15) is 11.6 Å². The SMILES string of the molecule is CCN1CCN(C(=O)OC[C@@H](C)[C@@H](c2cc(F)ccc2F)S(=O)(=O)c2ccc(Cl)cc2)CC1. The molecule has 1 amide bonds. The van der Waals surface area contributed by atoms with Crippen LogP contribution in [0.2, 0.25) is 5.02 Å². The van der Waals surface area contributed by atoms with Crippen LogP contribution in [0.5, 0.6) is 0 Å². The summed E-state index contributed by atoms with van der Waals surface area (Å²) in [4.78, 5) is 16.2. The van der Waals surface area contributed by atoms with Crippen LogP contribution in [0.4, 0.5) is 13.6 Å². The predicted molar refractivity (Wildman–Crippen MR) is 122 cm³/mol. The lowest BCUT2D eigenvalue weighted by Crippen LogP contribution is -2.48. The van der Waals surface area contributed by atoms with Crippen LogP contribution in [-0.4, -0.2) is 63.6 Å². The Bertz CT molecular complexity index is 1070. The van der Waals surface area contributed by atoms with Crippen molar-refractivity contribution in [1.82, 2.24) is 9.80 Å². The molecule has 0 radical (unpaired) electrons. The van der Waals surface area contributed by atoms with Crippen LogP contribution >= 0.6 is 11.6 Å². The number of likely N-dealkylation sites (N-methyl/N-ethyl adjacent to an activating group) is 1. The van der Waals surface area contributed by atoms with Gasteiger partial charge in [0, 0.05) is 42.7 Å². The number of rotatable bonds is 7. The molecule has 0 bridgehead atoms. The van der Waals surface area contributed by atoms with Crippen molar-refractivity contribution in [3.63, 3.8) is 0 Å².